The summed E-state index contributed by atoms with van der Waals surface area (Å²) in [5.74, 6) is 2.37. The number of urea groups is 1. The molecule has 0 atom stereocenters. The van der Waals surface area contributed by atoms with Crippen molar-refractivity contribution in [2.45, 2.75) is 11.8 Å². The van der Waals surface area contributed by atoms with E-state index in [1.807, 2.05) is 43.5 Å². The van der Waals surface area contributed by atoms with Crippen molar-refractivity contribution in [3.63, 3.8) is 0 Å². The smallest absolute Gasteiger partial charge is 0.319 e. The van der Waals surface area contributed by atoms with Crippen molar-refractivity contribution in [1.29, 1.82) is 0 Å². The van der Waals surface area contributed by atoms with Gasteiger partial charge in [0.1, 0.15) is 17.5 Å². The summed E-state index contributed by atoms with van der Waals surface area (Å²) in [7, 11) is 0. The Hall–Kier alpha value is -2.52. The third kappa shape index (κ3) is 6.00. The minimum atomic E-state index is -0.229. The molecule has 0 aliphatic carbocycles. The molecule has 1 aliphatic rings. The highest BCUT2D eigenvalue weighted by Gasteiger charge is 2.14. The van der Waals surface area contributed by atoms with Crippen LogP contribution in [0.25, 0.3) is 0 Å². The Morgan fingerprint density at radius 2 is 2.04 bits per heavy atom. The van der Waals surface area contributed by atoms with Gasteiger partial charge in [-0.05, 0) is 31.4 Å². The number of carbonyl (C=O) groups is 1. The fraction of sp³-hybridized carbons (Fsp3) is 0.421. The lowest BCUT2D eigenvalue weighted by Gasteiger charge is -2.28. The molecule has 1 aromatic carbocycles. The lowest BCUT2D eigenvalue weighted by molar-refractivity contribution is 0.122. The van der Waals surface area contributed by atoms with Gasteiger partial charge in [-0.25, -0.2) is 14.8 Å². The zero-order valence-corrected chi connectivity index (χ0v) is 17.0. The zero-order valence-electron chi connectivity index (χ0n) is 16.2. The van der Waals surface area contributed by atoms with Crippen molar-refractivity contribution in [3.05, 3.63) is 36.2 Å². The maximum atomic E-state index is 12.0. The maximum absolute atomic E-state index is 12.0. The SMILES string of the molecule is CSc1cccc(NC(=O)NCCNc2cc(N3CCOCC3)nc(C)n2)c1. The highest BCUT2D eigenvalue weighted by Crippen LogP contribution is 2.19. The summed E-state index contributed by atoms with van der Waals surface area (Å²) in [5.41, 5.74) is 0.777. The van der Waals surface area contributed by atoms with Gasteiger partial charge in [0.2, 0.25) is 0 Å². The number of amides is 2. The second-order valence-corrected chi connectivity index (χ2v) is 7.18. The molecule has 2 amide bonds. The molecule has 2 heterocycles. The van der Waals surface area contributed by atoms with Crippen LogP contribution in [0.2, 0.25) is 0 Å². The summed E-state index contributed by atoms with van der Waals surface area (Å²) in [6.07, 6.45) is 2.00. The van der Waals surface area contributed by atoms with Gasteiger partial charge in [-0.3, -0.25) is 0 Å². The number of nitrogens with one attached hydrogen (secondary N) is 3. The van der Waals surface area contributed by atoms with Crippen molar-refractivity contribution >= 4 is 35.1 Å². The van der Waals surface area contributed by atoms with Gasteiger partial charge in [0.25, 0.3) is 0 Å². The third-order valence-electron chi connectivity index (χ3n) is 4.20. The summed E-state index contributed by atoms with van der Waals surface area (Å²) in [6, 6.07) is 9.45. The van der Waals surface area contributed by atoms with E-state index in [4.69, 9.17) is 4.74 Å². The molecule has 0 radical (unpaired) electrons. The Morgan fingerprint density at radius 3 is 2.82 bits per heavy atom. The molecule has 3 rings (SSSR count). The van der Waals surface area contributed by atoms with Crippen LogP contribution in [0, 0.1) is 6.92 Å². The zero-order chi connectivity index (χ0) is 19.8. The average molecular weight is 403 g/mol. The number of aryl methyl sites for hydroxylation is 1. The fourth-order valence-electron chi connectivity index (χ4n) is 2.84. The molecule has 0 unspecified atom stereocenters. The highest BCUT2D eigenvalue weighted by atomic mass is 32.2. The number of ether oxygens (including phenoxy) is 1. The van der Waals surface area contributed by atoms with Crippen LogP contribution in [0.4, 0.5) is 22.1 Å². The Labute approximate surface area is 169 Å². The first kappa shape index (κ1) is 20.2. The van der Waals surface area contributed by atoms with Crippen LogP contribution in [0.3, 0.4) is 0 Å². The molecule has 2 aromatic rings. The molecular formula is C19H26N6O2S. The fourth-order valence-corrected chi connectivity index (χ4v) is 3.30. The van der Waals surface area contributed by atoms with Crippen molar-refractivity contribution in [2.24, 2.45) is 0 Å². The molecule has 8 nitrogen and oxygen atoms in total. The van der Waals surface area contributed by atoms with Gasteiger partial charge in [0.05, 0.1) is 13.2 Å². The Balaban J connectivity index is 1.45. The summed E-state index contributed by atoms with van der Waals surface area (Å²) in [5, 5.41) is 8.93. The van der Waals surface area contributed by atoms with Gasteiger partial charge in [-0.15, -0.1) is 11.8 Å². The van der Waals surface area contributed by atoms with Crippen molar-refractivity contribution in [2.75, 3.05) is 61.2 Å². The number of morpholine rings is 1. The third-order valence-corrected chi connectivity index (χ3v) is 4.93. The largest absolute Gasteiger partial charge is 0.378 e. The van der Waals surface area contributed by atoms with Crippen LogP contribution in [0.5, 0.6) is 0 Å². The predicted molar refractivity (Wildman–Crippen MR) is 114 cm³/mol. The van der Waals surface area contributed by atoms with Gasteiger partial charge in [0, 0.05) is 42.8 Å². The van der Waals surface area contributed by atoms with E-state index >= 15 is 0 Å². The Kier molecular flexibility index (Phi) is 7.32. The molecule has 150 valence electrons. The summed E-state index contributed by atoms with van der Waals surface area (Å²) < 4.78 is 5.39. The van der Waals surface area contributed by atoms with Crippen LogP contribution < -0.4 is 20.9 Å². The van der Waals surface area contributed by atoms with E-state index in [1.165, 1.54) is 0 Å². The summed E-state index contributed by atoms with van der Waals surface area (Å²) in [6.45, 7) is 6.00. The van der Waals surface area contributed by atoms with Gasteiger partial charge in [-0.2, -0.15) is 0 Å². The van der Waals surface area contributed by atoms with Crippen LogP contribution in [-0.2, 0) is 4.74 Å². The Bertz CT molecular complexity index is 798. The van der Waals surface area contributed by atoms with Crippen LogP contribution in [0.1, 0.15) is 5.82 Å². The van der Waals surface area contributed by atoms with E-state index in [2.05, 4.69) is 30.8 Å². The van der Waals surface area contributed by atoms with Gasteiger partial charge >= 0.3 is 6.03 Å². The van der Waals surface area contributed by atoms with Crippen LogP contribution in [-0.4, -0.2) is 61.6 Å². The molecule has 28 heavy (non-hydrogen) atoms. The van der Waals surface area contributed by atoms with Crippen LogP contribution >= 0.6 is 11.8 Å². The number of thioether (sulfide) groups is 1. The van der Waals surface area contributed by atoms with E-state index in [-0.39, 0.29) is 6.03 Å². The second kappa shape index (κ2) is 10.1. The minimum absolute atomic E-state index is 0.229. The first-order valence-electron chi connectivity index (χ1n) is 9.25. The Morgan fingerprint density at radius 1 is 1.21 bits per heavy atom. The molecule has 1 fully saturated rings. The maximum Gasteiger partial charge on any atom is 0.319 e. The number of anilines is 3. The van der Waals surface area contributed by atoms with Gasteiger partial charge < -0.3 is 25.6 Å². The molecule has 3 N–H and O–H groups in total. The molecule has 0 bridgehead atoms. The minimum Gasteiger partial charge on any atom is -0.378 e. The summed E-state index contributed by atoms with van der Waals surface area (Å²) in [4.78, 5) is 24.3. The second-order valence-electron chi connectivity index (χ2n) is 6.30. The number of nitrogens with zero attached hydrogens (tertiary/aromatic N) is 3. The number of rotatable bonds is 7. The monoisotopic (exact) mass is 402 g/mol. The van der Waals surface area contributed by atoms with Crippen molar-refractivity contribution < 1.29 is 9.53 Å². The molecule has 9 heteroatoms. The van der Waals surface area contributed by atoms with Crippen molar-refractivity contribution in [1.82, 2.24) is 15.3 Å². The van der Waals surface area contributed by atoms with E-state index in [1.54, 1.807) is 11.8 Å². The summed E-state index contributed by atoms with van der Waals surface area (Å²) >= 11 is 1.64. The molecule has 1 aliphatic heterocycles. The van der Waals surface area contributed by atoms with Crippen molar-refractivity contribution in [3.8, 4) is 0 Å². The lowest BCUT2D eigenvalue weighted by Crippen LogP contribution is -2.37. The standard InChI is InChI=1S/C19H26N6O2S/c1-14-22-17(13-18(23-14)25-8-10-27-11-9-25)20-6-7-21-19(26)24-15-4-3-5-16(12-15)28-2/h3-5,12-13H,6-11H2,1-2H3,(H,20,22,23)(H2,21,24,26). The molecule has 0 saturated carbocycles. The van der Waals surface area contributed by atoms with Gasteiger partial charge in [0.15, 0.2) is 0 Å². The molecule has 0 spiro atoms. The average Bonchev–Trinajstić information content (AvgIpc) is 2.71. The first-order valence-corrected chi connectivity index (χ1v) is 10.5. The highest BCUT2D eigenvalue weighted by molar-refractivity contribution is 7.98. The van der Waals surface area contributed by atoms with E-state index in [9.17, 15) is 4.79 Å². The predicted octanol–water partition coefficient (Wildman–Crippen LogP) is 2.58. The van der Waals surface area contributed by atoms with E-state index in [0.29, 0.717) is 32.1 Å². The molecule has 1 saturated heterocycles. The lowest BCUT2D eigenvalue weighted by atomic mass is 10.3. The number of carbonyl (C=O) groups excluding carboxylic acids is 1. The normalized spacial score (nSPS) is 13.9. The van der Waals surface area contributed by atoms with E-state index < -0.39 is 0 Å². The number of aromatic nitrogens is 2. The number of benzene rings is 1. The quantitative estimate of drug-likeness (QED) is 0.484. The van der Waals surface area contributed by atoms with Crippen LogP contribution in [0.15, 0.2) is 35.2 Å². The van der Waals surface area contributed by atoms with E-state index in [0.717, 1.165) is 35.3 Å². The first-order chi connectivity index (χ1) is 13.6. The molecular weight excluding hydrogens is 376 g/mol. The van der Waals surface area contributed by atoms with Gasteiger partial charge in [-0.1, -0.05) is 6.07 Å². The topological polar surface area (TPSA) is 91.4 Å². The number of hydrogen-bond acceptors (Lipinski definition) is 7. The number of hydrogen-bond donors (Lipinski definition) is 3. The molecule has 1 aromatic heterocycles.